The molecule has 0 aliphatic heterocycles. The van der Waals surface area contributed by atoms with Crippen molar-refractivity contribution < 1.29 is 31.5 Å². The molecule has 0 bridgehead atoms. The zero-order valence-corrected chi connectivity index (χ0v) is 16.9. The molecule has 0 saturated heterocycles. The summed E-state index contributed by atoms with van der Waals surface area (Å²) >= 11 is 0. The number of halogens is 4. The van der Waals surface area contributed by atoms with E-state index in [-0.39, 0.29) is 34.6 Å². The molecule has 0 saturated carbocycles. The number of methoxy groups -OCH3 is 2. The Labute approximate surface area is 178 Å². The van der Waals surface area contributed by atoms with E-state index in [1.54, 1.807) is 6.07 Å². The highest BCUT2D eigenvalue weighted by molar-refractivity contribution is 5.89. The summed E-state index contributed by atoms with van der Waals surface area (Å²) < 4.78 is 72.2. The monoisotopic (exact) mass is 448 g/mol. The molecule has 32 heavy (non-hydrogen) atoms. The molecule has 0 aliphatic rings. The lowest BCUT2D eigenvalue weighted by Gasteiger charge is -2.14. The Morgan fingerprint density at radius 3 is 2.50 bits per heavy atom. The van der Waals surface area contributed by atoms with Gasteiger partial charge in [0.1, 0.15) is 5.82 Å². The standard InChI is InChI=1S/C22H16F4N2O4/c1-30-16-8-7-14-18(29)17(21(22(24,25)26)32-19(14)20(16)31-2)13-9-27-28(11-13)10-12-5-3-4-6-15(12)23/h3-9,11H,10H2,1-2H3. The van der Waals surface area contributed by atoms with Gasteiger partial charge in [-0.3, -0.25) is 9.48 Å². The van der Waals surface area contributed by atoms with Gasteiger partial charge in [0.15, 0.2) is 11.3 Å². The van der Waals surface area contributed by atoms with E-state index in [9.17, 15) is 22.4 Å². The highest BCUT2D eigenvalue weighted by Gasteiger charge is 2.40. The van der Waals surface area contributed by atoms with Crippen molar-refractivity contribution in [1.29, 1.82) is 0 Å². The lowest BCUT2D eigenvalue weighted by molar-refractivity contribution is -0.152. The normalized spacial score (nSPS) is 11.7. The van der Waals surface area contributed by atoms with Crippen LogP contribution in [0.4, 0.5) is 17.6 Å². The summed E-state index contributed by atoms with van der Waals surface area (Å²) in [5.74, 6) is -1.99. The van der Waals surface area contributed by atoms with Crippen molar-refractivity contribution in [3.8, 4) is 22.6 Å². The third-order valence-corrected chi connectivity index (χ3v) is 4.87. The fourth-order valence-corrected chi connectivity index (χ4v) is 3.41. The number of hydrogen-bond acceptors (Lipinski definition) is 5. The van der Waals surface area contributed by atoms with Crippen LogP contribution in [0, 0.1) is 5.82 Å². The summed E-state index contributed by atoms with van der Waals surface area (Å²) in [6.45, 7) is -0.0298. The molecule has 0 spiro atoms. The van der Waals surface area contributed by atoms with Gasteiger partial charge in [-0.25, -0.2) is 4.39 Å². The van der Waals surface area contributed by atoms with E-state index in [2.05, 4.69) is 5.10 Å². The SMILES string of the molecule is COc1ccc2c(=O)c(-c3cnn(Cc4ccccc4F)c3)c(C(F)(F)F)oc2c1OC. The molecule has 0 unspecified atom stereocenters. The fraction of sp³-hybridized carbons (Fsp3) is 0.182. The molecule has 4 rings (SSSR count). The molecule has 2 heterocycles. The predicted molar refractivity (Wildman–Crippen MR) is 107 cm³/mol. The Balaban J connectivity index is 1.91. The molecule has 0 aliphatic carbocycles. The molecule has 166 valence electrons. The average molecular weight is 448 g/mol. The van der Waals surface area contributed by atoms with Crippen molar-refractivity contribution >= 4 is 11.0 Å². The van der Waals surface area contributed by atoms with E-state index in [0.717, 1.165) is 6.20 Å². The average Bonchev–Trinajstić information content (AvgIpc) is 3.21. The second-order valence-electron chi connectivity index (χ2n) is 6.83. The van der Waals surface area contributed by atoms with Crippen LogP contribution in [0.5, 0.6) is 11.5 Å². The van der Waals surface area contributed by atoms with Crippen LogP contribution in [0.15, 0.2) is 58.0 Å². The van der Waals surface area contributed by atoms with Crippen molar-refractivity contribution in [2.75, 3.05) is 14.2 Å². The second kappa shape index (κ2) is 8.03. The quantitative estimate of drug-likeness (QED) is 0.407. The molecule has 0 atom stereocenters. The van der Waals surface area contributed by atoms with Gasteiger partial charge in [-0.05, 0) is 18.2 Å². The second-order valence-corrected chi connectivity index (χ2v) is 6.83. The van der Waals surface area contributed by atoms with Crippen LogP contribution in [0.3, 0.4) is 0 Å². The van der Waals surface area contributed by atoms with Gasteiger partial charge in [-0.1, -0.05) is 18.2 Å². The topological polar surface area (TPSA) is 66.5 Å². The largest absolute Gasteiger partial charge is 0.493 e. The first-order valence-corrected chi connectivity index (χ1v) is 9.29. The Morgan fingerprint density at radius 1 is 1.09 bits per heavy atom. The minimum absolute atomic E-state index is 0.0298. The van der Waals surface area contributed by atoms with E-state index >= 15 is 0 Å². The number of alkyl halides is 3. The number of ether oxygens (including phenoxy) is 2. The minimum Gasteiger partial charge on any atom is -0.493 e. The summed E-state index contributed by atoms with van der Waals surface area (Å²) in [5, 5.41) is 3.87. The van der Waals surface area contributed by atoms with Crippen LogP contribution in [0.1, 0.15) is 11.3 Å². The lowest BCUT2D eigenvalue weighted by Crippen LogP contribution is -2.16. The molecular weight excluding hydrogens is 432 g/mol. The molecule has 2 aromatic carbocycles. The molecule has 0 radical (unpaired) electrons. The number of fused-ring (bicyclic) bond motifs is 1. The van der Waals surface area contributed by atoms with E-state index in [4.69, 9.17) is 13.9 Å². The highest BCUT2D eigenvalue weighted by Crippen LogP contribution is 2.41. The zero-order valence-electron chi connectivity index (χ0n) is 16.9. The lowest BCUT2D eigenvalue weighted by atomic mass is 10.0. The van der Waals surface area contributed by atoms with Crippen LogP contribution in [-0.4, -0.2) is 24.0 Å². The Morgan fingerprint density at radius 2 is 1.84 bits per heavy atom. The van der Waals surface area contributed by atoms with Gasteiger partial charge in [0.05, 0.1) is 37.9 Å². The maximum absolute atomic E-state index is 13.9. The van der Waals surface area contributed by atoms with Gasteiger partial charge in [-0.15, -0.1) is 0 Å². The fourth-order valence-electron chi connectivity index (χ4n) is 3.41. The third kappa shape index (κ3) is 3.68. The first-order valence-electron chi connectivity index (χ1n) is 9.29. The third-order valence-electron chi connectivity index (χ3n) is 4.87. The molecule has 0 N–H and O–H groups in total. The maximum atomic E-state index is 13.9. The Kier molecular flexibility index (Phi) is 5.37. The maximum Gasteiger partial charge on any atom is 0.450 e. The Hall–Kier alpha value is -3.82. The summed E-state index contributed by atoms with van der Waals surface area (Å²) in [5.41, 5.74) is -1.81. The summed E-state index contributed by atoms with van der Waals surface area (Å²) in [4.78, 5) is 13.1. The molecule has 6 nitrogen and oxygen atoms in total. The van der Waals surface area contributed by atoms with Crippen molar-refractivity contribution in [3.05, 3.63) is 76.2 Å². The molecule has 10 heteroatoms. The van der Waals surface area contributed by atoms with Gasteiger partial charge in [0, 0.05) is 17.3 Å². The first-order chi connectivity index (χ1) is 15.2. The van der Waals surface area contributed by atoms with Gasteiger partial charge < -0.3 is 13.9 Å². The van der Waals surface area contributed by atoms with Gasteiger partial charge >= 0.3 is 6.18 Å². The van der Waals surface area contributed by atoms with Gasteiger partial charge in [0.25, 0.3) is 0 Å². The number of benzene rings is 2. The smallest absolute Gasteiger partial charge is 0.450 e. The first kappa shape index (κ1) is 21.4. The molecule has 4 aromatic rings. The van der Waals surface area contributed by atoms with E-state index < -0.39 is 28.7 Å². The van der Waals surface area contributed by atoms with Gasteiger partial charge in [-0.2, -0.15) is 18.3 Å². The number of hydrogen-bond donors (Lipinski definition) is 0. The van der Waals surface area contributed by atoms with Crippen molar-refractivity contribution in [2.45, 2.75) is 12.7 Å². The highest BCUT2D eigenvalue weighted by atomic mass is 19.4. The molecule has 0 fully saturated rings. The van der Waals surface area contributed by atoms with Crippen molar-refractivity contribution in [3.63, 3.8) is 0 Å². The zero-order chi connectivity index (χ0) is 23.0. The van der Waals surface area contributed by atoms with E-state index in [1.165, 1.54) is 55.4 Å². The summed E-state index contributed by atoms with van der Waals surface area (Å²) in [6.07, 6.45) is -2.64. The Bertz CT molecular complexity index is 1360. The van der Waals surface area contributed by atoms with E-state index in [1.807, 2.05) is 0 Å². The molecule has 2 aromatic heterocycles. The molecular formula is C22H16F4N2O4. The minimum atomic E-state index is -4.98. The van der Waals surface area contributed by atoms with Crippen LogP contribution in [0.2, 0.25) is 0 Å². The van der Waals surface area contributed by atoms with Crippen LogP contribution in [-0.2, 0) is 12.7 Å². The predicted octanol–water partition coefficient (Wildman–Crippen LogP) is 4.88. The molecule has 0 amide bonds. The van der Waals surface area contributed by atoms with Crippen molar-refractivity contribution in [1.82, 2.24) is 9.78 Å². The number of rotatable bonds is 5. The van der Waals surface area contributed by atoms with Crippen LogP contribution < -0.4 is 14.9 Å². The summed E-state index contributed by atoms with van der Waals surface area (Å²) in [7, 11) is 2.54. The van der Waals surface area contributed by atoms with Crippen LogP contribution >= 0.6 is 0 Å². The number of nitrogens with zero attached hydrogens (tertiary/aromatic N) is 2. The van der Waals surface area contributed by atoms with E-state index in [0.29, 0.717) is 5.56 Å². The van der Waals surface area contributed by atoms with Gasteiger partial charge in [0.2, 0.25) is 16.9 Å². The summed E-state index contributed by atoms with van der Waals surface area (Å²) in [6, 6.07) is 8.65. The number of aromatic nitrogens is 2. The van der Waals surface area contributed by atoms with Crippen molar-refractivity contribution in [2.24, 2.45) is 0 Å². The van der Waals surface area contributed by atoms with Crippen LogP contribution in [0.25, 0.3) is 22.1 Å².